The third kappa shape index (κ3) is 2.09. The van der Waals surface area contributed by atoms with Gasteiger partial charge in [-0.05, 0) is 18.7 Å². The van der Waals surface area contributed by atoms with Crippen LogP contribution in [-0.2, 0) is 9.53 Å². The quantitative estimate of drug-likeness (QED) is 0.501. The molecule has 0 aliphatic carbocycles. The van der Waals surface area contributed by atoms with Gasteiger partial charge in [0.25, 0.3) is 0 Å². The summed E-state index contributed by atoms with van der Waals surface area (Å²) in [6, 6.07) is -0.485. The van der Waals surface area contributed by atoms with Crippen LogP contribution < -0.4 is 0 Å². The van der Waals surface area contributed by atoms with Crippen molar-refractivity contribution in [3.8, 4) is 0 Å². The van der Waals surface area contributed by atoms with E-state index in [2.05, 4.69) is 0 Å². The van der Waals surface area contributed by atoms with Gasteiger partial charge in [0.1, 0.15) is 6.04 Å². The van der Waals surface area contributed by atoms with Crippen molar-refractivity contribution in [3.63, 3.8) is 0 Å². The van der Waals surface area contributed by atoms with E-state index in [-0.39, 0.29) is 5.97 Å². The molecule has 1 aliphatic rings. The Hall–Kier alpha value is -0.320. The summed E-state index contributed by atoms with van der Waals surface area (Å²) in [5, 5.41) is 9.15. The monoisotopic (exact) mass is 193 g/mol. The summed E-state index contributed by atoms with van der Waals surface area (Å²) in [7, 11) is 0. The van der Waals surface area contributed by atoms with Crippen molar-refractivity contribution in [2.75, 3.05) is 13.2 Å². The van der Waals surface area contributed by atoms with Gasteiger partial charge < -0.3 is 9.84 Å². The van der Waals surface area contributed by atoms with E-state index < -0.39 is 12.1 Å². The molecule has 1 N–H and O–H groups in total. The van der Waals surface area contributed by atoms with Crippen molar-refractivity contribution in [2.45, 2.75) is 25.5 Å². The number of rotatable bonds is 2. The topological polar surface area (TPSA) is 49.8 Å². The second-order valence-corrected chi connectivity index (χ2v) is 3.17. The highest BCUT2D eigenvalue weighted by Gasteiger charge is 2.36. The van der Waals surface area contributed by atoms with Gasteiger partial charge in [-0.25, -0.2) is 4.42 Å². The van der Waals surface area contributed by atoms with Crippen LogP contribution in [0.25, 0.3) is 0 Å². The number of ether oxygens (including phenoxy) is 1. The van der Waals surface area contributed by atoms with Gasteiger partial charge >= 0.3 is 5.97 Å². The molecule has 1 heterocycles. The first-order chi connectivity index (χ1) is 5.65. The number of nitrogens with zero attached hydrogens (tertiary/aromatic N) is 1. The van der Waals surface area contributed by atoms with Crippen molar-refractivity contribution < 1.29 is 14.6 Å². The van der Waals surface area contributed by atoms with E-state index in [9.17, 15) is 4.79 Å². The van der Waals surface area contributed by atoms with Gasteiger partial charge in [0.2, 0.25) is 0 Å². The van der Waals surface area contributed by atoms with E-state index in [0.29, 0.717) is 19.6 Å². The summed E-state index contributed by atoms with van der Waals surface area (Å²) in [5.74, 6) is -0.357. The fourth-order valence-electron chi connectivity index (χ4n) is 1.22. The summed E-state index contributed by atoms with van der Waals surface area (Å²) in [5.41, 5.74) is 0. The highest BCUT2D eigenvalue weighted by atomic mass is 35.5. The Kier molecular flexibility index (Phi) is 3.31. The first kappa shape index (κ1) is 9.77. The molecule has 0 unspecified atom stereocenters. The Morgan fingerprint density at radius 2 is 2.50 bits per heavy atom. The zero-order valence-electron chi connectivity index (χ0n) is 6.86. The highest BCUT2D eigenvalue weighted by Crippen LogP contribution is 2.20. The first-order valence-corrected chi connectivity index (χ1v) is 4.26. The average Bonchev–Trinajstić information content (AvgIpc) is 2.30. The van der Waals surface area contributed by atoms with E-state index in [1.807, 2.05) is 0 Å². The summed E-state index contributed by atoms with van der Waals surface area (Å²) in [6.45, 7) is 2.41. The summed E-state index contributed by atoms with van der Waals surface area (Å²) < 4.78 is 6.06. The van der Waals surface area contributed by atoms with E-state index in [4.69, 9.17) is 21.6 Å². The number of hydrogen-bond donors (Lipinski definition) is 1. The number of esters is 1. The summed E-state index contributed by atoms with van der Waals surface area (Å²) >= 11 is 5.68. The molecule has 70 valence electrons. The van der Waals surface area contributed by atoms with Crippen LogP contribution >= 0.6 is 11.8 Å². The predicted molar refractivity (Wildman–Crippen MR) is 43.6 cm³/mol. The number of aliphatic hydroxyl groups is 1. The predicted octanol–water partition coefficient (Wildman–Crippen LogP) is 0.138. The maximum absolute atomic E-state index is 11.1. The zero-order valence-corrected chi connectivity index (χ0v) is 7.62. The number of β-amino-alcohol motifs (C(OH)–C–C–N with tert-alkyl or cyclic N) is 1. The van der Waals surface area contributed by atoms with E-state index in [1.165, 1.54) is 4.42 Å². The molecule has 12 heavy (non-hydrogen) atoms. The first-order valence-electron chi connectivity index (χ1n) is 3.92. The Labute approximate surface area is 76.2 Å². The molecule has 0 aromatic heterocycles. The lowest BCUT2D eigenvalue weighted by Crippen LogP contribution is -2.30. The molecule has 1 rings (SSSR count). The van der Waals surface area contributed by atoms with E-state index in [1.54, 1.807) is 6.92 Å². The molecule has 0 radical (unpaired) electrons. The van der Waals surface area contributed by atoms with Crippen LogP contribution in [0.4, 0.5) is 0 Å². The molecule has 0 saturated carbocycles. The molecule has 0 aromatic carbocycles. The minimum absolute atomic E-state index is 0.324. The number of aliphatic hydroxyl groups excluding tert-OH is 1. The molecular formula is C7H12ClNO3. The molecule has 1 aliphatic heterocycles. The van der Waals surface area contributed by atoms with Gasteiger partial charge in [0.05, 0.1) is 12.7 Å². The number of halogens is 1. The van der Waals surface area contributed by atoms with Gasteiger partial charge in [-0.2, -0.15) is 0 Å². The second kappa shape index (κ2) is 4.07. The van der Waals surface area contributed by atoms with Gasteiger partial charge in [0, 0.05) is 13.0 Å². The second-order valence-electron chi connectivity index (χ2n) is 2.74. The number of carbonyl (C=O) groups is 1. The van der Waals surface area contributed by atoms with Crippen LogP contribution in [0.15, 0.2) is 0 Å². The lowest BCUT2D eigenvalue weighted by molar-refractivity contribution is -0.146. The van der Waals surface area contributed by atoms with Crippen molar-refractivity contribution in [3.05, 3.63) is 0 Å². The lowest BCUT2D eigenvalue weighted by atomic mass is 10.2. The van der Waals surface area contributed by atoms with E-state index >= 15 is 0 Å². The summed E-state index contributed by atoms with van der Waals surface area (Å²) in [6.07, 6.45) is -0.153. The number of hydrogen-bond acceptors (Lipinski definition) is 4. The van der Waals surface area contributed by atoms with Crippen LogP contribution in [0, 0.1) is 0 Å². The summed E-state index contributed by atoms with van der Waals surface area (Å²) in [4.78, 5) is 11.1. The normalized spacial score (nSPS) is 30.6. The van der Waals surface area contributed by atoms with Crippen molar-refractivity contribution in [1.82, 2.24) is 4.42 Å². The SMILES string of the molecule is CCOC(=O)[C@@H]1C[C@@H](O)CN1Cl. The van der Waals surface area contributed by atoms with Crippen LogP contribution in [-0.4, -0.2) is 40.8 Å². The van der Waals surface area contributed by atoms with Crippen LogP contribution in [0.5, 0.6) is 0 Å². The molecule has 4 nitrogen and oxygen atoms in total. The van der Waals surface area contributed by atoms with Gasteiger partial charge in [0.15, 0.2) is 0 Å². The molecular weight excluding hydrogens is 182 g/mol. The minimum Gasteiger partial charge on any atom is -0.465 e. The van der Waals surface area contributed by atoms with Gasteiger partial charge in [-0.1, -0.05) is 0 Å². The number of carbonyl (C=O) groups excluding carboxylic acids is 1. The molecule has 5 heteroatoms. The van der Waals surface area contributed by atoms with Gasteiger partial charge in [-0.15, -0.1) is 0 Å². The largest absolute Gasteiger partial charge is 0.465 e. The van der Waals surface area contributed by atoms with Crippen molar-refractivity contribution in [2.24, 2.45) is 0 Å². The molecule has 1 saturated heterocycles. The zero-order chi connectivity index (χ0) is 9.14. The lowest BCUT2D eigenvalue weighted by Gasteiger charge is -2.13. The molecule has 0 amide bonds. The van der Waals surface area contributed by atoms with Crippen LogP contribution in [0.2, 0.25) is 0 Å². The van der Waals surface area contributed by atoms with E-state index in [0.717, 1.165) is 0 Å². The van der Waals surface area contributed by atoms with Crippen molar-refractivity contribution in [1.29, 1.82) is 0 Å². The third-order valence-electron chi connectivity index (χ3n) is 1.78. The standard InChI is InChI=1S/C7H12ClNO3/c1-2-12-7(11)6-3-5(10)4-9(6)8/h5-6,10H,2-4H2,1H3/t5-,6+/m1/s1. The maximum atomic E-state index is 11.1. The molecule has 0 bridgehead atoms. The van der Waals surface area contributed by atoms with Crippen LogP contribution in [0.1, 0.15) is 13.3 Å². The smallest absolute Gasteiger partial charge is 0.324 e. The Balaban J connectivity index is 2.46. The van der Waals surface area contributed by atoms with Crippen molar-refractivity contribution >= 4 is 17.7 Å². The highest BCUT2D eigenvalue weighted by molar-refractivity contribution is 6.15. The average molecular weight is 194 g/mol. The Morgan fingerprint density at radius 1 is 1.83 bits per heavy atom. The molecule has 0 spiro atoms. The Bertz CT molecular complexity index is 176. The molecule has 0 aromatic rings. The maximum Gasteiger partial charge on any atom is 0.324 e. The van der Waals surface area contributed by atoms with Gasteiger partial charge in [-0.3, -0.25) is 4.79 Å². The van der Waals surface area contributed by atoms with Crippen LogP contribution in [0.3, 0.4) is 0 Å². The third-order valence-corrected chi connectivity index (χ3v) is 2.15. The minimum atomic E-state index is -0.517. The fourth-order valence-corrected chi connectivity index (χ4v) is 1.54. The molecule has 1 fully saturated rings. The Morgan fingerprint density at radius 3 is 2.92 bits per heavy atom. The fraction of sp³-hybridized carbons (Fsp3) is 0.857. The molecule has 2 atom stereocenters.